The number of rotatable bonds is 3. The topological polar surface area (TPSA) is 74.3 Å². The Bertz CT molecular complexity index is 651. The zero-order chi connectivity index (χ0) is 14.4. The van der Waals surface area contributed by atoms with Gasteiger partial charge in [-0.2, -0.15) is 0 Å². The molecule has 0 bridgehead atoms. The van der Waals surface area contributed by atoms with Crippen LogP contribution < -0.4 is 10.1 Å². The van der Waals surface area contributed by atoms with Crippen LogP contribution in [0.2, 0.25) is 0 Å². The van der Waals surface area contributed by atoms with Crippen molar-refractivity contribution in [2.75, 3.05) is 19.0 Å². The molecule has 102 valence electrons. The molecule has 0 unspecified atom stereocenters. The van der Waals surface area contributed by atoms with Crippen molar-refractivity contribution in [3.63, 3.8) is 0 Å². The van der Waals surface area contributed by atoms with E-state index < -0.39 is 0 Å². The number of aliphatic hydroxyl groups is 1. The lowest BCUT2D eigenvalue weighted by Crippen LogP contribution is -2.13. The maximum atomic E-state index is 12.0. The molecule has 2 rings (SSSR count). The second kappa shape index (κ2) is 6.45. The molecule has 0 saturated carbocycles. The molecule has 3 N–H and O–H groups in total. The Balaban J connectivity index is 2.26. The smallest absolute Gasteiger partial charge is 0.272 e. The van der Waals surface area contributed by atoms with Gasteiger partial charge in [-0.25, -0.2) is 0 Å². The Labute approximate surface area is 116 Å². The van der Waals surface area contributed by atoms with Crippen LogP contribution in [-0.2, 0) is 0 Å². The minimum Gasteiger partial charge on any atom is -0.495 e. The van der Waals surface area contributed by atoms with Gasteiger partial charge in [0.05, 0.1) is 12.8 Å². The number of aromatic nitrogens is 1. The molecule has 20 heavy (non-hydrogen) atoms. The summed E-state index contributed by atoms with van der Waals surface area (Å²) in [6, 6.07) is 8.59. The lowest BCUT2D eigenvalue weighted by atomic mass is 10.2. The maximum Gasteiger partial charge on any atom is 0.272 e. The predicted octanol–water partition coefficient (Wildman–Crippen LogP) is 1.62. The molecule has 0 aliphatic heterocycles. The fraction of sp³-hybridized carbons (Fsp3) is 0.133. The Hall–Kier alpha value is -2.71. The molecule has 1 aromatic heterocycles. The zero-order valence-electron chi connectivity index (χ0n) is 10.9. The highest BCUT2D eigenvalue weighted by molar-refractivity contribution is 6.03. The second-order valence-electron chi connectivity index (χ2n) is 3.91. The number of nitrogens with one attached hydrogen (secondary N) is 2. The highest BCUT2D eigenvalue weighted by Gasteiger charge is 2.10. The first-order valence-electron chi connectivity index (χ1n) is 5.97. The van der Waals surface area contributed by atoms with Gasteiger partial charge in [-0.15, -0.1) is 0 Å². The maximum absolute atomic E-state index is 12.0. The summed E-state index contributed by atoms with van der Waals surface area (Å²) in [5, 5.41) is 11.5. The van der Waals surface area contributed by atoms with Crippen molar-refractivity contribution < 1.29 is 14.6 Å². The van der Waals surface area contributed by atoms with E-state index in [0.717, 1.165) is 0 Å². The second-order valence-corrected chi connectivity index (χ2v) is 3.91. The average molecular weight is 270 g/mol. The van der Waals surface area contributed by atoms with Crippen molar-refractivity contribution in [1.82, 2.24) is 4.98 Å². The number of H-pyrrole nitrogens is 1. The molecular weight excluding hydrogens is 256 g/mol. The van der Waals surface area contributed by atoms with Crippen LogP contribution in [-0.4, -0.2) is 29.7 Å². The number of aromatic amines is 1. The van der Waals surface area contributed by atoms with Gasteiger partial charge in [-0.1, -0.05) is 11.8 Å². The fourth-order valence-corrected chi connectivity index (χ4v) is 1.69. The van der Waals surface area contributed by atoms with Crippen molar-refractivity contribution >= 4 is 11.6 Å². The number of hydrogen-bond acceptors (Lipinski definition) is 3. The number of carbonyl (C=O) groups excluding carboxylic acids is 1. The molecule has 1 heterocycles. The van der Waals surface area contributed by atoms with Crippen LogP contribution in [0.25, 0.3) is 0 Å². The molecule has 0 radical (unpaired) electrons. The molecule has 5 heteroatoms. The Morgan fingerprint density at radius 2 is 2.30 bits per heavy atom. The first-order chi connectivity index (χ1) is 9.74. The van der Waals surface area contributed by atoms with Gasteiger partial charge >= 0.3 is 0 Å². The van der Waals surface area contributed by atoms with Crippen LogP contribution in [0.3, 0.4) is 0 Å². The van der Waals surface area contributed by atoms with E-state index in [2.05, 4.69) is 22.1 Å². The summed E-state index contributed by atoms with van der Waals surface area (Å²) in [5.74, 6) is 5.61. The summed E-state index contributed by atoms with van der Waals surface area (Å²) in [5.41, 5.74) is 1.66. The van der Waals surface area contributed by atoms with Crippen LogP contribution in [0, 0.1) is 11.8 Å². The third-order valence-corrected chi connectivity index (χ3v) is 2.60. The SMILES string of the molecule is COc1ccc(C#CCO)cc1NC(=O)c1ccc[nH]1. The van der Waals surface area contributed by atoms with Gasteiger partial charge in [0.25, 0.3) is 5.91 Å². The van der Waals surface area contributed by atoms with E-state index in [9.17, 15) is 4.79 Å². The van der Waals surface area contributed by atoms with E-state index in [0.29, 0.717) is 22.7 Å². The number of amides is 1. The van der Waals surface area contributed by atoms with Crippen LogP contribution in [0.1, 0.15) is 16.1 Å². The number of anilines is 1. The Kier molecular flexibility index (Phi) is 4.43. The van der Waals surface area contributed by atoms with Crippen molar-refractivity contribution in [2.24, 2.45) is 0 Å². The standard InChI is InChI=1S/C15H14N2O3/c1-20-14-7-6-11(4-3-9-18)10-13(14)17-15(19)12-5-2-8-16-12/h2,5-8,10,16,18H,9H2,1H3,(H,17,19). The number of aliphatic hydroxyl groups excluding tert-OH is 1. The van der Waals surface area contributed by atoms with E-state index in [1.54, 1.807) is 36.5 Å². The third kappa shape index (κ3) is 3.19. The number of methoxy groups -OCH3 is 1. The molecule has 0 fully saturated rings. The number of hydrogen-bond donors (Lipinski definition) is 3. The number of benzene rings is 1. The van der Waals surface area contributed by atoms with E-state index in [4.69, 9.17) is 9.84 Å². The normalized spacial score (nSPS) is 9.50. The number of ether oxygens (including phenoxy) is 1. The summed E-state index contributed by atoms with van der Waals surface area (Å²) < 4.78 is 5.20. The lowest BCUT2D eigenvalue weighted by Gasteiger charge is -2.10. The third-order valence-electron chi connectivity index (χ3n) is 2.60. The highest BCUT2D eigenvalue weighted by atomic mass is 16.5. The summed E-state index contributed by atoms with van der Waals surface area (Å²) >= 11 is 0. The van der Waals surface area contributed by atoms with Gasteiger partial charge in [-0.05, 0) is 30.3 Å². The summed E-state index contributed by atoms with van der Waals surface area (Å²) in [4.78, 5) is 14.8. The van der Waals surface area contributed by atoms with Gasteiger partial charge in [0.15, 0.2) is 0 Å². The van der Waals surface area contributed by atoms with Gasteiger partial charge in [0.2, 0.25) is 0 Å². The van der Waals surface area contributed by atoms with Gasteiger partial charge < -0.3 is 20.1 Å². The highest BCUT2D eigenvalue weighted by Crippen LogP contribution is 2.25. The Morgan fingerprint density at radius 3 is 2.95 bits per heavy atom. The van der Waals surface area contributed by atoms with E-state index in [1.165, 1.54) is 7.11 Å². The molecule has 0 atom stereocenters. The first kappa shape index (κ1) is 13.7. The zero-order valence-corrected chi connectivity index (χ0v) is 10.9. The largest absolute Gasteiger partial charge is 0.495 e. The van der Waals surface area contributed by atoms with Crippen molar-refractivity contribution in [3.8, 4) is 17.6 Å². The van der Waals surface area contributed by atoms with Gasteiger partial charge in [0.1, 0.15) is 18.1 Å². The van der Waals surface area contributed by atoms with Crippen molar-refractivity contribution in [1.29, 1.82) is 0 Å². The molecule has 0 aliphatic carbocycles. The molecule has 0 saturated heterocycles. The van der Waals surface area contributed by atoms with Crippen LogP contribution >= 0.6 is 0 Å². The fourth-order valence-electron chi connectivity index (χ4n) is 1.69. The van der Waals surface area contributed by atoms with Gasteiger partial charge in [0, 0.05) is 11.8 Å². The molecule has 5 nitrogen and oxygen atoms in total. The minimum absolute atomic E-state index is 0.212. The van der Waals surface area contributed by atoms with Gasteiger partial charge in [-0.3, -0.25) is 4.79 Å². The van der Waals surface area contributed by atoms with E-state index in [-0.39, 0.29) is 12.5 Å². The van der Waals surface area contributed by atoms with Crippen LogP contribution in [0.15, 0.2) is 36.5 Å². The predicted molar refractivity (Wildman–Crippen MR) is 75.7 cm³/mol. The van der Waals surface area contributed by atoms with Crippen LogP contribution in [0.4, 0.5) is 5.69 Å². The Morgan fingerprint density at radius 1 is 1.45 bits per heavy atom. The average Bonchev–Trinajstić information content (AvgIpc) is 2.99. The monoisotopic (exact) mass is 270 g/mol. The molecular formula is C15H14N2O3. The summed E-state index contributed by atoms with van der Waals surface area (Å²) in [6.07, 6.45) is 1.68. The van der Waals surface area contributed by atoms with Crippen LogP contribution in [0.5, 0.6) is 5.75 Å². The lowest BCUT2D eigenvalue weighted by molar-refractivity contribution is 0.102. The van der Waals surface area contributed by atoms with Crippen molar-refractivity contribution in [2.45, 2.75) is 0 Å². The molecule has 0 aliphatic rings. The number of carbonyl (C=O) groups is 1. The molecule has 1 amide bonds. The summed E-state index contributed by atoms with van der Waals surface area (Å²) in [6.45, 7) is -0.212. The molecule has 0 spiro atoms. The minimum atomic E-state index is -0.263. The quantitative estimate of drug-likeness (QED) is 0.742. The van der Waals surface area contributed by atoms with E-state index >= 15 is 0 Å². The summed E-state index contributed by atoms with van der Waals surface area (Å²) in [7, 11) is 1.53. The molecule has 2 aromatic rings. The van der Waals surface area contributed by atoms with Crippen molar-refractivity contribution in [3.05, 3.63) is 47.8 Å². The first-order valence-corrected chi connectivity index (χ1v) is 5.97. The van der Waals surface area contributed by atoms with E-state index in [1.807, 2.05) is 0 Å². The molecule has 1 aromatic carbocycles.